The molecule has 13 rings (SSSR count). The summed E-state index contributed by atoms with van der Waals surface area (Å²) >= 11 is 0. The standard InChI is InChI=1S/C64H62N4O/c1-67-63(45-25-13-5-14-26-45)65-62(44-23-11-4-12-24-44)66-64(67)57-38-46(50-36-48(42-19-7-2-8-20-42)35-49(37-50)43-21-9-3-10-22-43)31-33-52(57)47-32-34-60-55(39-47)56-40-54-53-29-17-18-30-58(53)68(51-27-15-6-16-28-51)59(54)41-61(56)69-60/h2-3,5-9,11,13-16,18-20,23-27,30-36,38,40-41,43,50-51,54-55,59,62,64,66H,4,10,12,17,21-22,28-29,37,39H2,1H3. The number of amidine groups is 1. The first-order valence-corrected chi connectivity index (χ1v) is 25.9. The van der Waals surface area contributed by atoms with Gasteiger partial charge in [-0.25, -0.2) is 4.99 Å². The van der Waals surface area contributed by atoms with Gasteiger partial charge in [0.1, 0.15) is 29.7 Å². The molecule has 7 aliphatic carbocycles. The minimum atomic E-state index is -0.175. The van der Waals surface area contributed by atoms with Crippen LogP contribution in [0.3, 0.4) is 0 Å². The van der Waals surface area contributed by atoms with Crippen molar-refractivity contribution in [2.45, 2.75) is 94.5 Å². The normalized spacial score (nSPS) is 29.9. The smallest absolute Gasteiger partial charge is 0.134 e. The van der Waals surface area contributed by atoms with E-state index < -0.39 is 0 Å². The molecule has 3 aromatic rings. The zero-order valence-corrected chi connectivity index (χ0v) is 39.8. The number of nitrogens with one attached hydrogen (secondary N) is 1. The molecule has 1 saturated heterocycles. The molecule has 5 heteroatoms. The fourth-order valence-electron chi connectivity index (χ4n) is 13.1. The predicted molar refractivity (Wildman–Crippen MR) is 282 cm³/mol. The van der Waals surface area contributed by atoms with Crippen LogP contribution in [0, 0.1) is 17.8 Å². The van der Waals surface area contributed by atoms with E-state index in [9.17, 15) is 0 Å². The van der Waals surface area contributed by atoms with Gasteiger partial charge in [-0.1, -0.05) is 170 Å². The molecule has 0 aromatic heterocycles. The molecule has 0 bridgehead atoms. The lowest BCUT2D eigenvalue weighted by Crippen LogP contribution is -2.50. The number of fused-ring (bicyclic) bond motifs is 5. The van der Waals surface area contributed by atoms with Crippen molar-refractivity contribution in [3.8, 4) is 0 Å². The maximum atomic E-state index is 6.91. The third-order valence-corrected chi connectivity index (χ3v) is 16.5. The Balaban J connectivity index is 0.898. The van der Waals surface area contributed by atoms with Crippen molar-refractivity contribution in [3.63, 3.8) is 0 Å². The third-order valence-electron chi connectivity index (χ3n) is 16.5. The number of nitrogens with zero attached hydrogens (tertiary/aromatic N) is 3. The van der Waals surface area contributed by atoms with Crippen LogP contribution in [0.2, 0.25) is 0 Å². The Hall–Kier alpha value is -6.69. The van der Waals surface area contributed by atoms with Crippen molar-refractivity contribution in [2.75, 3.05) is 7.05 Å². The van der Waals surface area contributed by atoms with E-state index in [1.807, 2.05) is 0 Å². The van der Waals surface area contributed by atoms with E-state index in [1.165, 1.54) is 56.7 Å². The zero-order chi connectivity index (χ0) is 45.8. The molecule has 3 heterocycles. The highest BCUT2D eigenvalue weighted by atomic mass is 16.5. The number of hydrogen-bond donors (Lipinski definition) is 1. The monoisotopic (exact) mass is 902 g/mol. The summed E-state index contributed by atoms with van der Waals surface area (Å²) in [6, 6.07) is 30.0. The second kappa shape index (κ2) is 18.0. The molecule has 69 heavy (non-hydrogen) atoms. The van der Waals surface area contributed by atoms with Crippen molar-refractivity contribution >= 4 is 17.0 Å². The third kappa shape index (κ3) is 7.80. The molecule has 1 fully saturated rings. The topological polar surface area (TPSA) is 40.1 Å². The first-order valence-electron chi connectivity index (χ1n) is 25.9. The van der Waals surface area contributed by atoms with Gasteiger partial charge in [0.2, 0.25) is 0 Å². The van der Waals surface area contributed by atoms with Crippen LogP contribution in [-0.2, 0) is 4.74 Å². The molecule has 8 atom stereocenters. The summed E-state index contributed by atoms with van der Waals surface area (Å²) in [4.78, 5) is 10.6. The highest BCUT2D eigenvalue weighted by Crippen LogP contribution is 2.54. The van der Waals surface area contributed by atoms with Crippen molar-refractivity contribution in [3.05, 3.63) is 249 Å². The van der Waals surface area contributed by atoms with Crippen LogP contribution in [0.15, 0.2) is 227 Å². The van der Waals surface area contributed by atoms with Gasteiger partial charge in [0.25, 0.3) is 0 Å². The number of hydrogen-bond acceptors (Lipinski definition) is 5. The lowest BCUT2D eigenvalue weighted by Gasteiger charge is -2.41. The van der Waals surface area contributed by atoms with Crippen LogP contribution < -0.4 is 5.32 Å². The Morgan fingerprint density at radius 1 is 0.768 bits per heavy atom. The SMILES string of the molecule is CN1C(c2ccccc2)=NC(C2=CCCC=C2)NC1c1cc(C2C=C(c3ccccc3)C=C(C3CC=CCC3)C2)ccc1C1=CC=C2OC3=CC4C(C=C3C2C1)C1=C(C=CCC1)N4C1C=CC=CC1. The molecule has 0 radical (unpaired) electrons. The molecule has 0 amide bonds. The molecule has 1 N–H and O–H groups in total. The lowest BCUT2D eigenvalue weighted by molar-refractivity contribution is 0.246. The van der Waals surface area contributed by atoms with Crippen molar-refractivity contribution in [1.82, 2.24) is 15.1 Å². The van der Waals surface area contributed by atoms with Gasteiger partial charge < -0.3 is 14.5 Å². The van der Waals surface area contributed by atoms with Gasteiger partial charge in [-0.15, -0.1) is 0 Å². The van der Waals surface area contributed by atoms with Gasteiger partial charge in [-0.05, 0) is 133 Å². The molecular weight excluding hydrogens is 841 g/mol. The van der Waals surface area contributed by atoms with Crippen molar-refractivity contribution in [2.24, 2.45) is 22.7 Å². The van der Waals surface area contributed by atoms with Crippen LogP contribution in [0.1, 0.15) is 104 Å². The molecule has 10 aliphatic rings. The van der Waals surface area contributed by atoms with E-state index in [4.69, 9.17) is 9.73 Å². The van der Waals surface area contributed by atoms with Gasteiger partial charge >= 0.3 is 0 Å². The summed E-state index contributed by atoms with van der Waals surface area (Å²) in [5.74, 6) is 4.52. The quantitative estimate of drug-likeness (QED) is 0.229. The summed E-state index contributed by atoms with van der Waals surface area (Å²) in [6.07, 6.45) is 51.0. The van der Waals surface area contributed by atoms with E-state index in [0.717, 1.165) is 80.7 Å². The minimum Gasteiger partial charge on any atom is -0.461 e. The van der Waals surface area contributed by atoms with Gasteiger partial charge in [0.05, 0.1) is 12.1 Å². The first kappa shape index (κ1) is 42.4. The Bertz CT molecular complexity index is 3010. The fraction of sp³-hybridized carbons (Fsp3) is 0.297. The number of ether oxygens (including phenoxy) is 1. The number of aliphatic imine (C=N–C) groups is 1. The van der Waals surface area contributed by atoms with E-state index >= 15 is 0 Å². The van der Waals surface area contributed by atoms with Gasteiger partial charge in [0.15, 0.2) is 0 Å². The van der Waals surface area contributed by atoms with E-state index in [2.05, 4.69) is 204 Å². The summed E-state index contributed by atoms with van der Waals surface area (Å²) in [7, 11) is 2.23. The second-order valence-electron chi connectivity index (χ2n) is 20.6. The minimum absolute atomic E-state index is 0.136. The summed E-state index contributed by atoms with van der Waals surface area (Å²) < 4.78 is 6.91. The number of allylic oxidation sites excluding steroid dienone is 17. The Kier molecular flexibility index (Phi) is 11.1. The van der Waals surface area contributed by atoms with Gasteiger partial charge in [-0.3, -0.25) is 5.32 Å². The number of rotatable bonds is 8. The van der Waals surface area contributed by atoms with Crippen molar-refractivity contribution in [1.29, 1.82) is 0 Å². The number of benzene rings is 3. The largest absolute Gasteiger partial charge is 0.461 e. The zero-order valence-electron chi connectivity index (χ0n) is 39.8. The Morgan fingerprint density at radius 3 is 2.45 bits per heavy atom. The molecule has 0 spiro atoms. The molecule has 3 aromatic carbocycles. The summed E-state index contributed by atoms with van der Waals surface area (Å²) in [5, 5.41) is 4.14. The molecule has 8 unspecified atom stereocenters. The highest BCUT2D eigenvalue weighted by Gasteiger charge is 2.47. The Labute approximate surface area is 408 Å². The highest BCUT2D eigenvalue weighted by molar-refractivity contribution is 5.99. The van der Waals surface area contributed by atoms with E-state index in [-0.39, 0.29) is 30.2 Å². The van der Waals surface area contributed by atoms with Crippen molar-refractivity contribution < 1.29 is 4.74 Å². The van der Waals surface area contributed by atoms with Crippen LogP contribution in [0.4, 0.5) is 0 Å². The van der Waals surface area contributed by atoms with Crippen LogP contribution in [-0.4, -0.2) is 40.9 Å². The molecule has 0 saturated carbocycles. The van der Waals surface area contributed by atoms with Crippen LogP contribution in [0.25, 0.3) is 11.1 Å². The predicted octanol–water partition coefficient (Wildman–Crippen LogP) is 14.1. The average Bonchev–Trinajstić information content (AvgIpc) is 3.95. The maximum Gasteiger partial charge on any atom is 0.134 e. The first-order chi connectivity index (χ1) is 34.1. The second-order valence-corrected chi connectivity index (χ2v) is 20.6. The molecular formula is C64H62N4O. The maximum absolute atomic E-state index is 6.91. The summed E-state index contributed by atoms with van der Waals surface area (Å²) in [6.45, 7) is 0. The summed E-state index contributed by atoms with van der Waals surface area (Å²) in [5.41, 5.74) is 16.3. The van der Waals surface area contributed by atoms with Crippen LogP contribution in [0.5, 0.6) is 0 Å². The molecule has 3 aliphatic heterocycles. The average molecular weight is 903 g/mol. The van der Waals surface area contributed by atoms with Gasteiger partial charge in [-0.2, -0.15) is 0 Å². The van der Waals surface area contributed by atoms with Gasteiger partial charge in [0, 0.05) is 41.6 Å². The molecule has 5 nitrogen and oxygen atoms in total. The molecule has 344 valence electrons. The Morgan fingerprint density at radius 2 is 1.64 bits per heavy atom. The fourth-order valence-corrected chi connectivity index (χ4v) is 13.1. The van der Waals surface area contributed by atoms with E-state index in [1.54, 1.807) is 11.1 Å². The van der Waals surface area contributed by atoms with E-state index in [0.29, 0.717) is 17.9 Å². The van der Waals surface area contributed by atoms with Crippen LogP contribution >= 0.6 is 0 Å². The lowest BCUT2D eigenvalue weighted by atomic mass is 9.75.